The van der Waals surface area contributed by atoms with Gasteiger partial charge in [-0.15, -0.1) is 11.8 Å². The Morgan fingerprint density at radius 3 is 2.66 bits per heavy atom. The average molecular weight is 451 g/mol. The standard InChI is InChI=1S/C22H24Cl2N2O2S/c1-14(20-7-2-3-8-25-20)26-21(27)13-29-22(26)15-5-4-6-18(9-15)28-19-11-16(23)10-17(24)12-19/h4-6,9-12,14,20,22,25H,2-3,7-8,13H2,1H3. The third-order valence-corrected chi connectivity index (χ3v) is 7.15. The molecule has 3 atom stereocenters. The first kappa shape index (κ1) is 20.9. The van der Waals surface area contributed by atoms with Gasteiger partial charge >= 0.3 is 0 Å². The second kappa shape index (κ2) is 9.17. The van der Waals surface area contributed by atoms with Crippen LogP contribution in [0.25, 0.3) is 0 Å². The van der Waals surface area contributed by atoms with Crippen molar-refractivity contribution in [2.75, 3.05) is 12.3 Å². The van der Waals surface area contributed by atoms with Gasteiger partial charge in [0.05, 0.1) is 5.75 Å². The minimum atomic E-state index is -0.00674. The molecule has 4 rings (SSSR count). The fourth-order valence-corrected chi connectivity index (χ4v) is 5.84. The molecule has 3 unspecified atom stereocenters. The van der Waals surface area contributed by atoms with Crippen molar-refractivity contribution in [2.24, 2.45) is 0 Å². The third kappa shape index (κ3) is 4.85. The molecule has 7 heteroatoms. The van der Waals surface area contributed by atoms with Crippen molar-refractivity contribution in [3.05, 3.63) is 58.1 Å². The molecule has 2 aromatic carbocycles. The molecule has 0 bridgehead atoms. The highest BCUT2D eigenvalue weighted by Crippen LogP contribution is 2.42. The lowest BCUT2D eigenvalue weighted by atomic mass is 9.97. The van der Waals surface area contributed by atoms with E-state index in [9.17, 15) is 4.79 Å². The third-order valence-electron chi connectivity index (χ3n) is 5.49. The van der Waals surface area contributed by atoms with E-state index in [2.05, 4.69) is 18.3 Å². The van der Waals surface area contributed by atoms with E-state index >= 15 is 0 Å². The summed E-state index contributed by atoms with van der Waals surface area (Å²) in [7, 11) is 0. The Kier molecular flexibility index (Phi) is 6.60. The first-order valence-corrected chi connectivity index (χ1v) is 11.7. The molecule has 0 saturated carbocycles. The summed E-state index contributed by atoms with van der Waals surface area (Å²) < 4.78 is 5.99. The summed E-state index contributed by atoms with van der Waals surface area (Å²) in [5, 5.41) is 4.64. The fraction of sp³-hybridized carbons (Fsp3) is 0.409. The van der Waals surface area contributed by atoms with Gasteiger partial charge in [-0.3, -0.25) is 4.79 Å². The predicted octanol–water partition coefficient (Wildman–Crippen LogP) is 5.89. The van der Waals surface area contributed by atoms with Gasteiger partial charge in [-0.2, -0.15) is 0 Å². The highest BCUT2D eigenvalue weighted by atomic mass is 35.5. The number of piperidine rings is 1. The summed E-state index contributed by atoms with van der Waals surface area (Å²) >= 11 is 13.8. The number of rotatable bonds is 5. The Labute approximate surface area is 185 Å². The van der Waals surface area contributed by atoms with E-state index in [0.29, 0.717) is 33.3 Å². The van der Waals surface area contributed by atoms with Gasteiger partial charge in [0, 0.05) is 22.1 Å². The highest BCUT2D eigenvalue weighted by molar-refractivity contribution is 8.00. The monoisotopic (exact) mass is 450 g/mol. The second-order valence-electron chi connectivity index (χ2n) is 7.54. The van der Waals surface area contributed by atoms with Crippen LogP contribution in [0.4, 0.5) is 0 Å². The number of nitrogens with zero attached hydrogens (tertiary/aromatic N) is 1. The summed E-state index contributed by atoms with van der Waals surface area (Å²) in [4.78, 5) is 14.8. The molecule has 2 saturated heterocycles. The van der Waals surface area contributed by atoms with Gasteiger partial charge in [-0.25, -0.2) is 0 Å². The zero-order valence-electron chi connectivity index (χ0n) is 16.2. The van der Waals surface area contributed by atoms with Crippen LogP contribution in [0.15, 0.2) is 42.5 Å². The van der Waals surface area contributed by atoms with Gasteiger partial charge in [-0.1, -0.05) is 41.8 Å². The molecule has 0 aromatic heterocycles. The number of nitrogens with one attached hydrogen (secondary N) is 1. The van der Waals surface area contributed by atoms with Gasteiger partial charge in [-0.05, 0) is 62.2 Å². The van der Waals surface area contributed by atoms with Crippen molar-refractivity contribution in [1.29, 1.82) is 0 Å². The van der Waals surface area contributed by atoms with Gasteiger partial charge in [0.2, 0.25) is 5.91 Å². The molecule has 2 fully saturated rings. The minimum absolute atomic E-state index is 0.00674. The van der Waals surface area contributed by atoms with Gasteiger partial charge in [0.25, 0.3) is 0 Å². The molecule has 0 radical (unpaired) electrons. The first-order chi connectivity index (χ1) is 14.0. The van der Waals surface area contributed by atoms with Crippen LogP contribution >= 0.6 is 35.0 Å². The summed E-state index contributed by atoms with van der Waals surface area (Å²) in [6.45, 7) is 3.19. The van der Waals surface area contributed by atoms with E-state index in [0.717, 1.165) is 18.5 Å². The van der Waals surface area contributed by atoms with Crippen LogP contribution in [0.3, 0.4) is 0 Å². The lowest BCUT2D eigenvalue weighted by Gasteiger charge is -2.38. The van der Waals surface area contributed by atoms with Crippen LogP contribution in [-0.4, -0.2) is 35.2 Å². The maximum Gasteiger partial charge on any atom is 0.234 e. The SMILES string of the molecule is CC(C1CCCCN1)N1C(=O)CSC1c1cccc(Oc2cc(Cl)cc(Cl)c2)c1. The van der Waals surface area contributed by atoms with Crippen LogP contribution in [0.5, 0.6) is 11.5 Å². The average Bonchev–Trinajstić information content (AvgIpc) is 3.09. The summed E-state index contributed by atoms with van der Waals surface area (Å²) in [6, 6.07) is 13.6. The first-order valence-electron chi connectivity index (χ1n) is 9.91. The molecular weight excluding hydrogens is 427 g/mol. The number of ether oxygens (including phenoxy) is 1. The predicted molar refractivity (Wildman–Crippen MR) is 120 cm³/mol. The van der Waals surface area contributed by atoms with E-state index in [4.69, 9.17) is 27.9 Å². The molecule has 0 aliphatic carbocycles. The van der Waals surface area contributed by atoms with Crippen LogP contribution < -0.4 is 10.1 Å². The molecule has 2 aliphatic heterocycles. The molecule has 0 spiro atoms. The topological polar surface area (TPSA) is 41.6 Å². The number of hydrogen-bond donors (Lipinski definition) is 1. The Morgan fingerprint density at radius 1 is 1.14 bits per heavy atom. The number of carbonyl (C=O) groups is 1. The fourth-order valence-electron chi connectivity index (χ4n) is 4.07. The number of halogens is 2. The van der Waals surface area contributed by atoms with Crippen LogP contribution in [-0.2, 0) is 4.79 Å². The molecule has 1 amide bonds. The lowest BCUT2D eigenvalue weighted by molar-refractivity contribution is -0.130. The van der Waals surface area contributed by atoms with Crippen LogP contribution in [0, 0.1) is 0 Å². The summed E-state index contributed by atoms with van der Waals surface area (Å²) in [5.74, 6) is 2.00. The van der Waals surface area contributed by atoms with Crippen molar-refractivity contribution in [1.82, 2.24) is 10.2 Å². The summed E-state index contributed by atoms with van der Waals surface area (Å²) in [5.41, 5.74) is 1.06. The number of hydrogen-bond acceptors (Lipinski definition) is 4. The molecule has 1 N–H and O–H groups in total. The van der Waals surface area contributed by atoms with E-state index in [-0.39, 0.29) is 17.3 Å². The van der Waals surface area contributed by atoms with E-state index in [1.807, 2.05) is 23.1 Å². The van der Waals surface area contributed by atoms with Gasteiger partial charge < -0.3 is 15.0 Å². The zero-order chi connectivity index (χ0) is 20.4. The molecular formula is C22H24Cl2N2O2S. The normalized spacial score (nSPS) is 23.3. The van der Waals surface area contributed by atoms with Crippen LogP contribution in [0.2, 0.25) is 10.0 Å². The van der Waals surface area contributed by atoms with Gasteiger partial charge in [0.1, 0.15) is 16.9 Å². The smallest absolute Gasteiger partial charge is 0.234 e. The molecule has 154 valence electrons. The number of benzene rings is 2. The number of thioether (sulfide) groups is 1. The largest absolute Gasteiger partial charge is 0.457 e. The van der Waals surface area contributed by atoms with E-state index < -0.39 is 0 Å². The highest BCUT2D eigenvalue weighted by Gasteiger charge is 2.39. The zero-order valence-corrected chi connectivity index (χ0v) is 18.6. The van der Waals surface area contributed by atoms with Crippen molar-refractivity contribution < 1.29 is 9.53 Å². The second-order valence-corrected chi connectivity index (χ2v) is 9.48. The van der Waals surface area contributed by atoms with E-state index in [1.54, 1.807) is 30.0 Å². The van der Waals surface area contributed by atoms with Gasteiger partial charge in [0.15, 0.2) is 0 Å². The summed E-state index contributed by atoms with van der Waals surface area (Å²) in [6.07, 6.45) is 3.54. The van der Waals surface area contributed by atoms with E-state index in [1.165, 1.54) is 12.8 Å². The Morgan fingerprint density at radius 2 is 1.93 bits per heavy atom. The van der Waals surface area contributed by atoms with Crippen molar-refractivity contribution >= 4 is 40.9 Å². The quantitative estimate of drug-likeness (QED) is 0.616. The van der Waals surface area contributed by atoms with Crippen molar-refractivity contribution in [3.63, 3.8) is 0 Å². The maximum atomic E-state index is 12.7. The number of carbonyl (C=O) groups excluding carboxylic acids is 1. The van der Waals surface area contributed by atoms with Crippen molar-refractivity contribution in [3.8, 4) is 11.5 Å². The number of amides is 1. The molecule has 29 heavy (non-hydrogen) atoms. The minimum Gasteiger partial charge on any atom is -0.457 e. The lowest BCUT2D eigenvalue weighted by Crippen LogP contribution is -2.51. The Bertz CT molecular complexity index is 869. The molecule has 2 aromatic rings. The Hall–Kier alpha value is -1.40. The molecule has 4 nitrogen and oxygen atoms in total. The Balaban J connectivity index is 1.55. The van der Waals surface area contributed by atoms with Crippen molar-refractivity contribution in [2.45, 2.75) is 43.6 Å². The maximum absolute atomic E-state index is 12.7. The molecule has 2 aliphatic rings. The van der Waals surface area contributed by atoms with Crippen LogP contribution in [0.1, 0.15) is 37.1 Å². The molecule has 2 heterocycles.